The van der Waals surface area contributed by atoms with E-state index < -0.39 is 11.2 Å². The van der Waals surface area contributed by atoms with Gasteiger partial charge in [-0.1, -0.05) is 24.3 Å². The average molecular weight is 414 g/mol. The first-order valence-electron chi connectivity index (χ1n) is 8.96. The monoisotopic (exact) mass is 414 g/mol. The summed E-state index contributed by atoms with van der Waals surface area (Å²) in [5, 5.41) is 10.6. The van der Waals surface area contributed by atoms with Crippen LogP contribution in [-0.2, 0) is 16.0 Å². The number of aromatic carboxylic acids is 1. The van der Waals surface area contributed by atoms with Gasteiger partial charge in [-0.25, -0.2) is 0 Å². The number of ether oxygens (including phenoxy) is 2. The molecular weight excluding hydrogens is 394 g/mol. The number of carbonyl (C=O) groups excluding carboxylic acids is 3. The van der Waals surface area contributed by atoms with E-state index in [2.05, 4.69) is 0 Å². The molecule has 1 fully saturated rings. The molecule has 1 aliphatic heterocycles. The lowest BCUT2D eigenvalue weighted by Gasteiger charge is -2.16. The van der Waals surface area contributed by atoms with Crippen LogP contribution in [0.5, 0.6) is 11.5 Å². The van der Waals surface area contributed by atoms with Crippen LogP contribution in [0.3, 0.4) is 0 Å². The molecular formula is C21H20NO6S-. The van der Waals surface area contributed by atoms with Gasteiger partial charge in [-0.05, 0) is 30.2 Å². The van der Waals surface area contributed by atoms with Gasteiger partial charge < -0.3 is 19.4 Å². The van der Waals surface area contributed by atoms with Crippen molar-refractivity contribution >= 4 is 29.5 Å². The molecule has 1 heterocycles. The summed E-state index contributed by atoms with van der Waals surface area (Å²) in [5.74, 6) is -0.702. The van der Waals surface area contributed by atoms with Crippen LogP contribution in [-0.4, -0.2) is 48.7 Å². The fourth-order valence-corrected chi connectivity index (χ4v) is 4.34. The minimum absolute atomic E-state index is 0.0153. The van der Waals surface area contributed by atoms with Crippen LogP contribution < -0.4 is 14.6 Å². The first kappa shape index (κ1) is 20.7. The topological polar surface area (TPSA) is 96.0 Å². The first-order valence-corrected chi connectivity index (χ1v) is 9.84. The van der Waals surface area contributed by atoms with E-state index in [-0.39, 0.29) is 30.3 Å². The number of thioether (sulfide) groups is 1. The lowest BCUT2D eigenvalue weighted by molar-refractivity contribution is -0.255. The number of carboxylic acid groups (broad SMARTS) is 1. The van der Waals surface area contributed by atoms with Gasteiger partial charge in [0.1, 0.15) is 0 Å². The maximum Gasteiger partial charge on any atom is 0.243 e. The SMILES string of the molecule is COc1ccc(CCN2C(=O)C[C@H](Sc3ccccc3C(=O)[O-])C2=O)cc1OC. The molecule has 1 atom stereocenters. The second-order valence-corrected chi connectivity index (χ2v) is 7.66. The Morgan fingerprint density at radius 3 is 2.55 bits per heavy atom. The largest absolute Gasteiger partial charge is 0.545 e. The number of rotatable bonds is 8. The summed E-state index contributed by atoms with van der Waals surface area (Å²) in [6, 6.07) is 11.8. The Kier molecular flexibility index (Phi) is 6.43. The number of nitrogens with zero attached hydrogens (tertiary/aromatic N) is 1. The van der Waals surface area contributed by atoms with Crippen LogP contribution in [0, 0.1) is 0 Å². The highest BCUT2D eigenvalue weighted by atomic mass is 32.2. The number of likely N-dealkylation sites (tertiary alicyclic amines) is 1. The summed E-state index contributed by atoms with van der Waals surface area (Å²) in [6.07, 6.45) is 0.516. The molecule has 3 rings (SSSR count). The Balaban J connectivity index is 1.68. The van der Waals surface area contributed by atoms with E-state index in [0.29, 0.717) is 22.8 Å². The molecule has 0 spiro atoms. The Morgan fingerprint density at radius 2 is 1.86 bits per heavy atom. The molecule has 1 saturated heterocycles. The van der Waals surface area contributed by atoms with E-state index in [1.165, 1.54) is 11.0 Å². The molecule has 1 aliphatic rings. The fraction of sp³-hybridized carbons (Fsp3) is 0.286. The van der Waals surface area contributed by atoms with Crippen molar-refractivity contribution in [1.82, 2.24) is 4.90 Å². The zero-order valence-electron chi connectivity index (χ0n) is 16.0. The average Bonchev–Trinajstić information content (AvgIpc) is 2.99. The zero-order chi connectivity index (χ0) is 21.0. The van der Waals surface area contributed by atoms with Crippen LogP contribution >= 0.6 is 11.8 Å². The summed E-state index contributed by atoms with van der Waals surface area (Å²) in [5.41, 5.74) is 0.920. The third-order valence-corrected chi connectivity index (χ3v) is 5.91. The van der Waals surface area contributed by atoms with Crippen LogP contribution in [0.1, 0.15) is 22.3 Å². The molecule has 2 amide bonds. The number of methoxy groups -OCH3 is 2. The number of hydrogen-bond donors (Lipinski definition) is 0. The van der Waals surface area contributed by atoms with Crippen molar-refractivity contribution in [2.75, 3.05) is 20.8 Å². The molecule has 0 bridgehead atoms. The Bertz CT molecular complexity index is 945. The Morgan fingerprint density at radius 1 is 1.14 bits per heavy atom. The fourth-order valence-electron chi connectivity index (χ4n) is 3.15. The van der Waals surface area contributed by atoms with Gasteiger partial charge in [0.15, 0.2) is 11.5 Å². The summed E-state index contributed by atoms with van der Waals surface area (Å²) in [4.78, 5) is 38.0. The second kappa shape index (κ2) is 9.00. The number of amides is 2. The van der Waals surface area contributed by atoms with Crippen molar-refractivity contribution in [3.8, 4) is 11.5 Å². The molecule has 8 heteroatoms. The summed E-state index contributed by atoms with van der Waals surface area (Å²) >= 11 is 1.09. The molecule has 0 radical (unpaired) electrons. The van der Waals surface area contributed by atoms with Crippen molar-refractivity contribution in [1.29, 1.82) is 0 Å². The first-order chi connectivity index (χ1) is 13.9. The number of carboxylic acids is 1. The van der Waals surface area contributed by atoms with Crippen molar-refractivity contribution in [2.45, 2.75) is 23.0 Å². The maximum atomic E-state index is 12.7. The van der Waals surface area contributed by atoms with E-state index in [0.717, 1.165) is 17.3 Å². The second-order valence-electron chi connectivity index (χ2n) is 6.42. The Labute approximate surface area is 172 Å². The number of hydrogen-bond acceptors (Lipinski definition) is 7. The molecule has 0 aliphatic carbocycles. The van der Waals surface area contributed by atoms with Crippen LogP contribution in [0.4, 0.5) is 0 Å². The van der Waals surface area contributed by atoms with Gasteiger partial charge in [0.25, 0.3) is 0 Å². The molecule has 0 N–H and O–H groups in total. The van der Waals surface area contributed by atoms with Gasteiger partial charge in [0, 0.05) is 23.4 Å². The highest BCUT2D eigenvalue weighted by Crippen LogP contribution is 2.34. The third kappa shape index (κ3) is 4.54. The van der Waals surface area contributed by atoms with Crippen LogP contribution in [0.15, 0.2) is 47.4 Å². The van der Waals surface area contributed by atoms with E-state index in [4.69, 9.17) is 9.47 Å². The van der Waals surface area contributed by atoms with Gasteiger partial charge in [-0.3, -0.25) is 14.5 Å². The van der Waals surface area contributed by atoms with E-state index >= 15 is 0 Å². The molecule has 0 unspecified atom stereocenters. The molecule has 2 aromatic rings. The number of imide groups is 1. The third-order valence-electron chi connectivity index (χ3n) is 4.65. The van der Waals surface area contributed by atoms with Crippen LogP contribution in [0.2, 0.25) is 0 Å². The van der Waals surface area contributed by atoms with Gasteiger partial charge in [-0.15, -0.1) is 11.8 Å². The summed E-state index contributed by atoms with van der Waals surface area (Å²) < 4.78 is 10.5. The minimum Gasteiger partial charge on any atom is -0.545 e. The Hall–Kier alpha value is -3.00. The number of benzene rings is 2. The molecule has 29 heavy (non-hydrogen) atoms. The van der Waals surface area contributed by atoms with Crippen LogP contribution in [0.25, 0.3) is 0 Å². The maximum absolute atomic E-state index is 12.7. The van der Waals surface area contributed by atoms with Gasteiger partial charge in [0.2, 0.25) is 11.8 Å². The van der Waals surface area contributed by atoms with Gasteiger partial charge in [0.05, 0.1) is 25.4 Å². The van der Waals surface area contributed by atoms with Gasteiger partial charge in [-0.2, -0.15) is 0 Å². The lowest BCUT2D eigenvalue weighted by atomic mass is 10.1. The predicted molar refractivity (Wildman–Crippen MR) is 105 cm³/mol. The van der Waals surface area contributed by atoms with Crippen molar-refractivity contribution in [3.63, 3.8) is 0 Å². The molecule has 152 valence electrons. The van der Waals surface area contributed by atoms with Crippen molar-refractivity contribution in [3.05, 3.63) is 53.6 Å². The van der Waals surface area contributed by atoms with Crippen molar-refractivity contribution in [2.24, 2.45) is 0 Å². The van der Waals surface area contributed by atoms with E-state index in [1.807, 2.05) is 12.1 Å². The van der Waals surface area contributed by atoms with E-state index in [1.54, 1.807) is 38.5 Å². The normalized spacial score (nSPS) is 16.2. The van der Waals surface area contributed by atoms with E-state index in [9.17, 15) is 19.5 Å². The zero-order valence-corrected chi connectivity index (χ0v) is 16.9. The lowest BCUT2D eigenvalue weighted by Crippen LogP contribution is -2.33. The molecule has 0 aromatic heterocycles. The quantitative estimate of drug-likeness (QED) is 0.605. The van der Waals surface area contributed by atoms with Gasteiger partial charge >= 0.3 is 0 Å². The smallest absolute Gasteiger partial charge is 0.243 e. The highest BCUT2D eigenvalue weighted by Gasteiger charge is 2.39. The standard InChI is InChI=1S/C21H21NO6S/c1-27-15-8-7-13(11-16(15)28-2)9-10-22-19(23)12-18(20(22)24)29-17-6-4-3-5-14(17)21(25)26/h3-8,11,18H,9-10,12H2,1-2H3,(H,25,26)/p-1/t18-/m0/s1. The summed E-state index contributed by atoms with van der Waals surface area (Å²) in [7, 11) is 3.09. The predicted octanol–water partition coefficient (Wildman–Crippen LogP) is 1.53. The molecule has 0 saturated carbocycles. The molecule has 2 aromatic carbocycles. The molecule has 7 nitrogen and oxygen atoms in total. The minimum atomic E-state index is -1.31. The van der Waals surface area contributed by atoms with Crippen molar-refractivity contribution < 1.29 is 29.0 Å². The summed E-state index contributed by atoms with van der Waals surface area (Å²) in [6.45, 7) is 0.242. The highest BCUT2D eigenvalue weighted by molar-refractivity contribution is 8.00. The number of carbonyl (C=O) groups is 3.